The molecule has 0 spiro atoms. The van der Waals surface area contributed by atoms with Gasteiger partial charge in [0.05, 0.1) is 6.67 Å². The molecular weight excluding hydrogens is 324 g/mol. The molecule has 0 aliphatic carbocycles. The zero-order valence-electron chi connectivity index (χ0n) is 13.7. The second-order valence-electron chi connectivity index (χ2n) is 5.05. The standard InChI is InChI=1S/C12H22N6O6/c1-8-4-9(19)18(12(8)22)7-17(5-10(20)23-15-13-2)6-11(21)24-16-14-3/h8,13-16H,4-7H2,1-3H3. The Labute approximate surface area is 138 Å². The first-order valence-electron chi connectivity index (χ1n) is 7.18. The minimum atomic E-state index is -0.717. The van der Waals surface area contributed by atoms with Crippen LogP contribution in [-0.2, 0) is 28.9 Å². The highest BCUT2D eigenvalue weighted by atomic mass is 16.7. The number of carbonyl (C=O) groups excluding carboxylic acids is 4. The number of rotatable bonds is 10. The first kappa shape index (κ1) is 19.9. The topological polar surface area (TPSA) is 141 Å². The van der Waals surface area contributed by atoms with Gasteiger partial charge in [0.15, 0.2) is 0 Å². The zero-order chi connectivity index (χ0) is 18.1. The van der Waals surface area contributed by atoms with E-state index in [1.807, 2.05) is 0 Å². The molecule has 2 amide bonds. The summed E-state index contributed by atoms with van der Waals surface area (Å²) in [5, 5.41) is 0. The molecule has 1 fully saturated rings. The minimum absolute atomic E-state index is 0.101. The van der Waals surface area contributed by atoms with Gasteiger partial charge in [-0.3, -0.25) is 19.4 Å². The third-order valence-corrected chi connectivity index (χ3v) is 3.05. The maximum atomic E-state index is 12.0. The highest BCUT2D eigenvalue weighted by Crippen LogP contribution is 2.18. The van der Waals surface area contributed by atoms with Gasteiger partial charge in [0.2, 0.25) is 11.8 Å². The summed E-state index contributed by atoms with van der Waals surface area (Å²) in [5.74, 6) is -2.57. The van der Waals surface area contributed by atoms with Crippen LogP contribution in [0, 0.1) is 5.92 Å². The Morgan fingerprint density at radius 3 is 2.00 bits per heavy atom. The summed E-state index contributed by atoms with van der Waals surface area (Å²) in [7, 11) is 2.99. The highest BCUT2D eigenvalue weighted by molar-refractivity contribution is 6.03. The maximum absolute atomic E-state index is 12.0. The van der Waals surface area contributed by atoms with Crippen LogP contribution in [0.4, 0.5) is 0 Å². The number of hydrogen-bond acceptors (Lipinski definition) is 11. The predicted octanol–water partition coefficient (Wildman–Crippen LogP) is -2.99. The lowest BCUT2D eigenvalue weighted by Gasteiger charge is -2.25. The van der Waals surface area contributed by atoms with Crippen molar-refractivity contribution in [3.8, 4) is 0 Å². The molecule has 12 nitrogen and oxygen atoms in total. The van der Waals surface area contributed by atoms with Crippen LogP contribution in [0.15, 0.2) is 0 Å². The van der Waals surface area contributed by atoms with E-state index in [1.54, 1.807) is 6.92 Å². The molecule has 1 aliphatic heterocycles. The lowest BCUT2D eigenvalue weighted by Crippen LogP contribution is -2.47. The summed E-state index contributed by atoms with van der Waals surface area (Å²) < 4.78 is 0. The SMILES string of the molecule is CNNOC(=O)CN(CC(=O)ONNC)CN1C(=O)CC(C)C1=O. The van der Waals surface area contributed by atoms with E-state index in [1.165, 1.54) is 19.0 Å². The summed E-state index contributed by atoms with van der Waals surface area (Å²) in [4.78, 5) is 58.7. The molecule has 0 bridgehead atoms. The van der Waals surface area contributed by atoms with Crippen LogP contribution in [-0.4, -0.2) is 67.4 Å². The Morgan fingerprint density at radius 1 is 1.12 bits per heavy atom. The lowest BCUT2D eigenvalue weighted by molar-refractivity contribution is -0.161. The number of hydrazine groups is 2. The average molecular weight is 346 g/mol. The van der Waals surface area contributed by atoms with Crippen molar-refractivity contribution in [2.45, 2.75) is 13.3 Å². The minimum Gasteiger partial charge on any atom is -0.354 e. The van der Waals surface area contributed by atoms with Gasteiger partial charge in [-0.05, 0) is 0 Å². The Kier molecular flexibility index (Phi) is 8.21. The van der Waals surface area contributed by atoms with Crippen molar-refractivity contribution < 1.29 is 28.9 Å². The van der Waals surface area contributed by atoms with Gasteiger partial charge in [-0.1, -0.05) is 18.1 Å². The van der Waals surface area contributed by atoms with Crippen molar-refractivity contribution in [1.82, 2.24) is 31.8 Å². The van der Waals surface area contributed by atoms with E-state index in [-0.39, 0.29) is 38.0 Å². The van der Waals surface area contributed by atoms with Crippen LogP contribution >= 0.6 is 0 Å². The summed E-state index contributed by atoms with van der Waals surface area (Å²) >= 11 is 0. The number of carbonyl (C=O) groups is 4. The molecule has 0 saturated carbocycles. The van der Waals surface area contributed by atoms with Crippen LogP contribution in [0.5, 0.6) is 0 Å². The molecule has 0 aromatic rings. The van der Waals surface area contributed by atoms with Crippen molar-refractivity contribution in [2.75, 3.05) is 33.9 Å². The zero-order valence-corrected chi connectivity index (χ0v) is 13.7. The van der Waals surface area contributed by atoms with E-state index in [0.717, 1.165) is 4.90 Å². The smallest absolute Gasteiger partial charge is 0.340 e. The number of hydrogen-bond donors (Lipinski definition) is 4. The van der Waals surface area contributed by atoms with Crippen LogP contribution in [0.3, 0.4) is 0 Å². The molecule has 136 valence electrons. The summed E-state index contributed by atoms with van der Waals surface area (Å²) in [6.45, 7) is 0.746. The van der Waals surface area contributed by atoms with E-state index in [4.69, 9.17) is 0 Å². The first-order chi connectivity index (χ1) is 11.4. The Bertz CT molecular complexity index is 465. The molecule has 1 rings (SSSR count). The third-order valence-electron chi connectivity index (χ3n) is 3.05. The molecule has 1 atom stereocenters. The van der Waals surface area contributed by atoms with Crippen molar-refractivity contribution >= 4 is 23.8 Å². The molecule has 4 N–H and O–H groups in total. The van der Waals surface area contributed by atoms with E-state index >= 15 is 0 Å². The van der Waals surface area contributed by atoms with E-state index in [9.17, 15) is 19.2 Å². The van der Waals surface area contributed by atoms with E-state index < -0.39 is 17.9 Å². The van der Waals surface area contributed by atoms with E-state index in [0.29, 0.717) is 0 Å². The summed E-state index contributed by atoms with van der Waals surface area (Å²) in [5.41, 5.74) is 9.08. The fraction of sp³-hybridized carbons (Fsp3) is 0.667. The molecule has 1 aliphatic rings. The molecule has 0 aromatic heterocycles. The van der Waals surface area contributed by atoms with Crippen LogP contribution < -0.4 is 22.0 Å². The van der Waals surface area contributed by atoms with E-state index in [2.05, 4.69) is 31.7 Å². The van der Waals surface area contributed by atoms with Gasteiger partial charge in [0, 0.05) is 26.4 Å². The maximum Gasteiger partial charge on any atom is 0.340 e. The number of nitrogens with zero attached hydrogens (tertiary/aromatic N) is 2. The monoisotopic (exact) mass is 346 g/mol. The molecule has 12 heteroatoms. The van der Waals surface area contributed by atoms with Crippen molar-refractivity contribution in [3.05, 3.63) is 0 Å². The van der Waals surface area contributed by atoms with Gasteiger partial charge in [-0.15, -0.1) is 0 Å². The number of amides is 2. The van der Waals surface area contributed by atoms with Gasteiger partial charge in [-0.25, -0.2) is 20.4 Å². The molecule has 24 heavy (non-hydrogen) atoms. The van der Waals surface area contributed by atoms with Gasteiger partial charge >= 0.3 is 11.9 Å². The van der Waals surface area contributed by atoms with Gasteiger partial charge in [-0.2, -0.15) is 0 Å². The van der Waals surface area contributed by atoms with Crippen molar-refractivity contribution in [1.29, 1.82) is 0 Å². The number of nitrogens with one attached hydrogen (secondary N) is 4. The molecule has 1 unspecified atom stereocenters. The largest absolute Gasteiger partial charge is 0.354 e. The fourth-order valence-corrected chi connectivity index (χ4v) is 2.00. The van der Waals surface area contributed by atoms with Gasteiger partial charge in [0.1, 0.15) is 13.1 Å². The molecule has 1 saturated heterocycles. The third kappa shape index (κ3) is 6.17. The average Bonchev–Trinajstić information content (AvgIpc) is 2.77. The molecular formula is C12H22N6O6. The van der Waals surface area contributed by atoms with Crippen LogP contribution in [0.2, 0.25) is 0 Å². The highest BCUT2D eigenvalue weighted by Gasteiger charge is 2.37. The van der Waals surface area contributed by atoms with Crippen LogP contribution in [0.1, 0.15) is 13.3 Å². The summed E-state index contributed by atoms with van der Waals surface area (Å²) in [6, 6.07) is 0. The normalized spacial score (nSPS) is 17.5. The Morgan fingerprint density at radius 2 is 1.62 bits per heavy atom. The summed E-state index contributed by atoms with van der Waals surface area (Å²) in [6.07, 6.45) is 0.101. The van der Waals surface area contributed by atoms with Crippen LogP contribution in [0.25, 0.3) is 0 Å². The second-order valence-corrected chi connectivity index (χ2v) is 5.05. The predicted molar refractivity (Wildman–Crippen MR) is 78.6 cm³/mol. The van der Waals surface area contributed by atoms with Gasteiger partial charge < -0.3 is 9.68 Å². The quantitative estimate of drug-likeness (QED) is 0.237. The number of likely N-dealkylation sites (tertiary alicyclic amines) is 1. The van der Waals surface area contributed by atoms with Crippen molar-refractivity contribution in [2.24, 2.45) is 5.92 Å². The molecule has 0 radical (unpaired) electrons. The second kappa shape index (κ2) is 9.89. The first-order valence-corrected chi connectivity index (χ1v) is 7.18. The lowest BCUT2D eigenvalue weighted by atomic mass is 10.1. The fourth-order valence-electron chi connectivity index (χ4n) is 2.00. The Balaban J connectivity index is 2.69. The molecule has 0 aromatic carbocycles. The van der Waals surface area contributed by atoms with Gasteiger partial charge in [0.25, 0.3) is 0 Å². The molecule has 1 heterocycles. The number of imide groups is 1. The van der Waals surface area contributed by atoms with Crippen molar-refractivity contribution in [3.63, 3.8) is 0 Å². The Hall–Kier alpha value is -2.12.